The van der Waals surface area contributed by atoms with Crippen molar-refractivity contribution < 1.29 is 4.79 Å². The van der Waals surface area contributed by atoms with Gasteiger partial charge in [-0.1, -0.05) is 30.3 Å². The lowest BCUT2D eigenvalue weighted by Gasteiger charge is -2.11. The number of carbonyl (C=O) groups excluding carboxylic acids is 1. The zero-order chi connectivity index (χ0) is 20.5. The molecule has 0 atom stereocenters. The topological polar surface area (TPSA) is 57.8 Å². The third-order valence-corrected chi connectivity index (χ3v) is 7.79. The van der Waals surface area contributed by atoms with Crippen LogP contribution < -0.4 is 5.32 Å². The number of rotatable bonds is 5. The lowest BCUT2D eigenvalue weighted by atomic mass is 9.96. The summed E-state index contributed by atoms with van der Waals surface area (Å²) in [6.07, 6.45) is 5.08. The maximum Gasteiger partial charge on any atom is 0.272 e. The number of amides is 1. The molecule has 3 aromatic heterocycles. The summed E-state index contributed by atoms with van der Waals surface area (Å²) >= 11 is 3.22. The van der Waals surface area contributed by atoms with Gasteiger partial charge in [0, 0.05) is 11.4 Å². The Morgan fingerprint density at radius 2 is 2.00 bits per heavy atom. The normalized spacial score (nSPS) is 13.2. The van der Waals surface area contributed by atoms with Gasteiger partial charge in [-0.3, -0.25) is 4.79 Å². The van der Waals surface area contributed by atoms with Crippen molar-refractivity contribution in [2.75, 3.05) is 5.32 Å². The molecule has 0 fully saturated rings. The molecule has 0 saturated carbocycles. The van der Waals surface area contributed by atoms with Crippen LogP contribution in [0.15, 0.2) is 47.8 Å². The van der Waals surface area contributed by atoms with E-state index in [1.54, 1.807) is 22.7 Å². The molecular weight excluding hydrogens is 410 g/mol. The molecule has 1 amide bonds. The number of aryl methyl sites for hydroxylation is 3. The fraction of sp³-hybridized carbons (Fsp3) is 0.250. The molecule has 0 bridgehead atoms. The molecule has 6 heteroatoms. The second kappa shape index (κ2) is 8.10. The van der Waals surface area contributed by atoms with Gasteiger partial charge in [0.1, 0.15) is 16.8 Å². The maximum absolute atomic E-state index is 13.3. The van der Waals surface area contributed by atoms with Crippen LogP contribution in [0.2, 0.25) is 0 Å². The van der Waals surface area contributed by atoms with Crippen molar-refractivity contribution in [3.8, 4) is 6.07 Å². The van der Waals surface area contributed by atoms with Gasteiger partial charge in [-0.2, -0.15) is 5.26 Å². The summed E-state index contributed by atoms with van der Waals surface area (Å²) in [5.74, 6) is -0.137. The minimum absolute atomic E-state index is 0.137. The van der Waals surface area contributed by atoms with E-state index < -0.39 is 0 Å². The van der Waals surface area contributed by atoms with Crippen LogP contribution >= 0.6 is 22.7 Å². The minimum Gasteiger partial charge on any atom is -0.335 e. The van der Waals surface area contributed by atoms with Crippen molar-refractivity contribution in [2.24, 2.45) is 0 Å². The van der Waals surface area contributed by atoms with E-state index in [1.165, 1.54) is 10.4 Å². The average Bonchev–Trinajstić information content (AvgIpc) is 3.45. The van der Waals surface area contributed by atoms with E-state index in [9.17, 15) is 10.1 Å². The average molecular weight is 432 g/mol. The highest BCUT2D eigenvalue weighted by atomic mass is 32.1. The highest BCUT2D eigenvalue weighted by Crippen LogP contribution is 2.38. The van der Waals surface area contributed by atoms with E-state index in [2.05, 4.69) is 39.5 Å². The Kier molecular flexibility index (Phi) is 5.16. The van der Waals surface area contributed by atoms with Crippen LogP contribution in [0.4, 0.5) is 5.00 Å². The molecule has 1 aliphatic carbocycles. The maximum atomic E-state index is 13.3. The zero-order valence-electron chi connectivity index (χ0n) is 16.5. The molecule has 0 saturated heterocycles. The largest absolute Gasteiger partial charge is 0.335 e. The summed E-state index contributed by atoms with van der Waals surface area (Å²) in [6, 6.07) is 16.7. The minimum atomic E-state index is -0.137. The monoisotopic (exact) mass is 431 g/mol. The fourth-order valence-corrected chi connectivity index (χ4v) is 6.29. The Bertz CT molecular complexity index is 1260. The number of nitrogens with zero attached hydrogens (tertiary/aromatic N) is 2. The first-order valence-electron chi connectivity index (χ1n) is 10.2. The van der Waals surface area contributed by atoms with Crippen LogP contribution in [0.5, 0.6) is 0 Å². The Labute approximate surface area is 183 Å². The third kappa shape index (κ3) is 3.45. The van der Waals surface area contributed by atoms with E-state index in [4.69, 9.17) is 0 Å². The summed E-state index contributed by atoms with van der Waals surface area (Å²) in [6.45, 7) is 0.735. The smallest absolute Gasteiger partial charge is 0.272 e. The molecule has 5 rings (SSSR count). The van der Waals surface area contributed by atoms with Crippen molar-refractivity contribution in [3.05, 3.63) is 75.1 Å². The number of hydrogen-bond acceptors (Lipinski definition) is 4. The molecule has 150 valence electrons. The first-order chi connectivity index (χ1) is 14.7. The SMILES string of the molecule is N#Cc1c(NC(=O)c2cc3sccc3n2CCc2ccccc2)sc2c1CCCC2. The molecule has 3 heterocycles. The van der Waals surface area contributed by atoms with Gasteiger partial charge in [0.2, 0.25) is 0 Å². The van der Waals surface area contributed by atoms with Gasteiger partial charge in [-0.05, 0) is 60.7 Å². The first kappa shape index (κ1) is 19.1. The molecule has 1 N–H and O–H groups in total. The Morgan fingerprint density at radius 3 is 2.83 bits per heavy atom. The lowest BCUT2D eigenvalue weighted by Crippen LogP contribution is -2.17. The van der Waals surface area contributed by atoms with Gasteiger partial charge < -0.3 is 9.88 Å². The number of thiophene rings is 2. The summed E-state index contributed by atoms with van der Waals surface area (Å²) < 4.78 is 3.22. The van der Waals surface area contributed by atoms with E-state index in [0.29, 0.717) is 16.3 Å². The van der Waals surface area contributed by atoms with Crippen LogP contribution in [0.3, 0.4) is 0 Å². The van der Waals surface area contributed by atoms with Gasteiger partial charge in [0.05, 0.1) is 15.8 Å². The van der Waals surface area contributed by atoms with Crippen LogP contribution in [-0.4, -0.2) is 10.5 Å². The predicted molar refractivity (Wildman–Crippen MR) is 124 cm³/mol. The first-order valence-corrected chi connectivity index (χ1v) is 11.9. The van der Waals surface area contributed by atoms with E-state index in [1.807, 2.05) is 24.3 Å². The molecule has 1 aliphatic rings. The molecule has 30 heavy (non-hydrogen) atoms. The molecule has 0 unspecified atom stereocenters. The standard InChI is InChI=1S/C24H21N3OS2/c25-15-18-17-8-4-5-9-21(17)30-24(18)26-23(28)20-14-22-19(11-13-29-22)27(20)12-10-16-6-2-1-3-7-16/h1-3,6-7,11,13-14H,4-5,8-10,12H2,(H,26,28). The van der Waals surface area contributed by atoms with Gasteiger partial charge in [0.15, 0.2) is 0 Å². The van der Waals surface area contributed by atoms with Crippen molar-refractivity contribution >= 4 is 43.8 Å². The van der Waals surface area contributed by atoms with Crippen molar-refractivity contribution in [1.29, 1.82) is 5.26 Å². The molecule has 0 radical (unpaired) electrons. The molecule has 4 aromatic rings. The summed E-state index contributed by atoms with van der Waals surface area (Å²) in [4.78, 5) is 14.5. The second-order valence-electron chi connectivity index (χ2n) is 7.57. The predicted octanol–water partition coefficient (Wildman–Crippen LogP) is 6.01. The molecule has 1 aromatic carbocycles. The Morgan fingerprint density at radius 1 is 1.17 bits per heavy atom. The number of benzene rings is 1. The summed E-state index contributed by atoms with van der Waals surface area (Å²) in [7, 11) is 0. The Hall–Kier alpha value is -2.88. The highest BCUT2D eigenvalue weighted by molar-refractivity contribution is 7.17. The third-order valence-electron chi connectivity index (χ3n) is 5.73. The van der Waals surface area contributed by atoms with E-state index in [0.717, 1.165) is 54.4 Å². The van der Waals surface area contributed by atoms with Crippen LogP contribution in [-0.2, 0) is 25.8 Å². The van der Waals surface area contributed by atoms with E-state index in [-0.39, 0.29) is 5.91 Å². The highest BCUT2D eigenvalue weighted by Gasteiger charge is 2.23. The number of fused-ring (bicyclic) bond motifs is 2. The van der Waals surface area contributed by atoms with Crippen molar-refractivity contribution in [2.45, 2.75) is 38.6 Å². The number of hydrogen-bond donors (Lipinski definition) is 1. The van der Waals surface area contributed by atoms with Crippen LogP contribution in [0.1, 0.15) is 44.9 Å². The van der Waals surface area contributed by atoms with Gasteiger partial charge >= 0.3 is 0 Å². The molecule has 4 nitrogen and oxygen atoms in total. The molecule has 0 aliphatic heterocycles. The van der Waals surface area contributed by atoms with Gasteiger partial charge in [0.25, 0.3) is 5.91 Å². The number of nitrogens with one attached hydrogen (secondary N) is 1. The van der Waals surface area contributed by atoms with E-state index >= 15 is 0 Å². The second-order valence-corrected chi connectivity index (χ2v) is 9.62. The number of aromatic nitrogens is 1. The Balaban J connectivity index is 1.45. The number of nitriles is 1. The van der Waals surface area contributed by atoms with Crippen molar-refractivity contribution in [3.63, 3.8) is 0 Å². The quantitative estimate of drug-likeness (QED) is 0.421. The zero-order valence-corrected chi connectivity index (χ0v) is 18.1. The summed E-state index contributed by atoms with van der Waals surface area (Å²) in [5.41, 5.74) is 4.80. The fourth-order valence-electron chi connectivity index (χ4n) is 4.23. The lowest BCUT2D eigenvalue weighted by molar-refractivity contribution is 0.101. The number of anilines is 1. The van der Waals surface area contributed by atoms with Crippen LogP contribution in [0.25, 0.3) is 10.2 Å². The summed E-state index contributed by atoms with van der Waals surface area (Å²) in [5, 5.41) is 15.5. The number of carbonyl (C=O) groups is 1. The molecule has 0 spiro atoms. The van der Waals surface area contributed by atoms with Gasteiger partial charge in [-0.15, -0.1) is 22.7 Å². The molecular formula is C24H21N3OS2. The van der Waals surface area contributed by atoms with Crippen molar-refractivity contribution in [1.82, 2.24) is 4.57 Å². The van der Waals surface area contributed by atoms with Crippen LogP contribution in [0, 0.1) is 11.3 Å². The van der Waals surface area contributed by atoms with Gasteiger partial charge in [-0.25, -0.2) is 0 Å².